The highest BCUT2D eigenvalue weighted by molar-refractivity contribution is 7.15. The minimum atomic E-state index is -0.484. The second kappa shape index (κ2) is 7.55. The zero-order valence-electron chi connectivity index (χ0n) is 17.2. The van der Waals surface area contributed by atoms with Crippen LogP contribution < -0.4 is 5.32 Å². The molecule has 27 heavy (non-hydrogen) atoms. The first-order valence-electron chi connectivity index (χ1n) is 9.94. The number of likely N-dealkylation sites (N-methyl/N-ethyl adjacent to an activating group) is 1. The molecule has 0 radical (unpaired) electrons. The van der Waals surface area contributed by atoms with Crippen LogP contribution in [0.25, 0.3) is 0 Å². The second-order valence-electron chi connectivity index (χ2n) is 8.71. The molecule has 0 aliphatic heterocycles. The first-order chi connectivity index (χ1) is 12.7. The van der Waals surface area contributed by atoms with Crippen LogP contribution in [0.4, 0.5) is 5.13 Å². The van der Waals surface area contributed by atoms with Gasteiger partial charge in [0.05, 0.1) is 11.8 Å². The Balaban J connectivity index is 1.86. The van der Waals surface area contributed by atoms with Crippen LogP contribution in [0, 0.1) is 23.2 Å². The number of aliphatic hydroxyl groups excluding tert-OH is 1. The number of aromatic nitrogens is 1. The van der Waals surface area contributed by atoms with Gasteiger partial charge in [-0.25, -0.2) is 4.98 Å². The van der Waals surface area contributed by atoms with Gasteiger partial charge in [-0.05, 0) is 36.5 Å². The lowest BCUT2D eigenvalue weighted by molar-refractivity contribution is -0.143. The Hall–Kier alpha value is -1.40. The van der Waals surface area contributed by atoms with Gasteiger partial charge in [-0.1, -0.05) is 26.8 Å². The average molecular weight is 392 g/mol. The van der Waals surface area contributed by atoms with Crippen molar-refractivity contribution in [2.24, 2.45) is 23.2 Å². The maximum absolute atomic E-state index is 12.8. The van der Waals surface area contributed by atoms with Crippen LogP contribution in [0.3, 0.4) is 0 Å². The first kappa shape index (κ1) is 20.3. The van der Waals surface area contributed by atoms with Crippen LogP contribution in [0.15, 0.2) is 12.7 Å². The molecular formula is C21H33N3O2S. The summed E-state index contributed by atoms with van der Waals surface area (Å²) in [5.74, 6) is 0.233. The zero-order valence-corrected chi connectivity index (χ0v) is 18.0. The highest BCUT2D eigenvalue weighted by Gasteiger charge is 2.54. The van der Waals surface area contributed by atoms with Crippen LogP contribution in [-0.2, 0) is 11.2 Å². The van der Waals surface area contributed by atoms with Crippen LogP contribution in [0.1, 0.15) is 50.1 Å². The third-order valence-electron chi connectivity index (χ3n) is 6.95. The Bertz CT molecular complexity index is 718. The summed E-state index contributed by atoms with van der Waals surface area (Å²) >= 11 is 1.74. The van der Waals surface area contributed by atoms with E-state index in [-0.39, 0.29) is 35.0 Å². The molecule has 5 nitrogen and oxygen atoms in total. The van der Waals surface area contributed by atoms with Crippen molar-refractivity contribution in [2.75, 3.05) is 26.0 Å². The van der Waals surface area contributed by atoms with E-state index in [4.69, 9.17) is 4.98 Å². The van der Waals surface area contributed by atoms with Gasteiger partial charge in [0, 0.05) is 37.4 Å². The maximum atomic E-state index is 12.8. The van der Waals surface area contributed by atoms with Crippen molar-refractivity contribution in [3.05, 3.63) is 23.2 Å². The molecule has 3 rings (SSSR count). The number of hydrogen-bond donors (Lipinski definition) is 2. The maximum Gasteiger partial charge on any atom is 0.225 e. The Morgan fingerprint density at radius 2 is 2.30 bits per heavy atom. The van der Waals surface area contributed by atoms with Crippen LogP contribution in [-0.4, -0.2) is 47.6 Å². The average Bonchev–Trinajstić information content (AvgIpc) is 3.03. The number of carbonyl (C=O) groups is 1. The molecule has 6 heteroatoms. The number of nitrogens with one attached hydrogen (secondary N) is 1. The normalized spacial score (nSPS) is 33.6. The summed E-state index contributed by atoms with van der Waals surface area (Å²) in [6.45, 7) is 10.7. The van der Waals surface area contributed by atoms with Crippen molar-refractivity contribution in [3.8, 4) is 0 Å². The monoisotopic (exact) mass is 391 g/mol. The molecule has 1 aromatic heterocycles. The summed E-state index contributed by atoms with van der Waals surface area (Å²) in [6, 6.07) is 0. The van der Waals surface area contributed by atoms with Gasteiger partial charge in [0.25, 0.3) is 0 Å². The lowest BCUT2D eigenvalue weighted by Crippen LogP contribution is -2.53. The summed E-state index contributed by atoms with van der Waals surface area (Å²) in [5, 5.41) is 15.5. The van der Waals surface area contributed by atoms with Crippen molar-refractivity contribution in [2.45, 2.75) is 52.1 Å². The molecule has 2 N–H and O–H groups in total. The number of hydrogen-bond acceptors (Lipinski definition) is 5. The standard InChI is InChI=1S/C21H33N3O2S/c1-7-10-24(6)19(26)12(2)14-8-9-21(4)11-15-17(23-20(22-5)27-15)13(3)16(21)18(14)25/h7,12-14,16,18,25H,1,8-11H2,2-6H3,(H,22,23)/t12-,13-,14?,16+,18-,21-/m0/s1. The Labute approximate surface area is 166 Å². The van der Waals surface area contributed by atoms with E-state index < -0.39 is 6.10 Å². The van der Waals surface area contributed by atoms with Gasteiger partial charge in [0.1, 0.15) is 0 Å². The molecule has 2 aliphatic rings. The van der Waals surface area contributed by atoms with E-state index in [1.807, 2.05) is 21.0 Å². The molecule has 6 atom stereocenters. The van der Waals surface area contributed by atoms with Crippen molar-refractivity contribution in [3.63, 3.8) is 0 Å². The van der Waals surface area contributed by atoms with E-state index in [1.165, 1.54) is 4.88 Å². The highest BCUT2D eigenvalue weighted by Crippen LogP contribution is 2.57. The summed E-state index contributed by atoms with van der Waals surface area (Å²) < 4.78 is 0. The lowest BCUT2D eigenvalue weighted by Gasteiger charge is -2.53. The van der Waals surface area contributed by atoms with Crippen molar-refractivity contribution in [1.29, 1.82) is 0 Å². The molecule has 0 saturated heterocycles. The molecular weight excluding hydrogens is 358 g/mol. The molecule has 150 valence electrons. The number of carbonyl (C=O) groups excluding carboxylic acids is 1. The number of nitrogens with zero attached hydrogens (tertiary/aromatic N) is 2. The predicted molar refractivity (Wildman–Crippen MR) is 111 cm³/mol. The van der Waals surface area contributed by atoms with E-state index in [2.05, 4.69) is 25.7 Å². The molecule has 0 bridgehead atoms. The zero-order chi connectivity index (χ0) is 19.9. The summed E-state index contributed by atoms with van der Waals surface area (Å²) in [5.41, 5.74) is 1.20. The minimum absolute atomic E-state index is 0.00533. The van der Waals surface area contributed by atoms with Crippen LogP contribution >= 0.6 is 11.3 Å². The molecule has 1 fully saturated rings. The third-order valence-corrected chi connectivity index (χ3v) is 8.04. The van der Waals surface area contributed by atoms with Crippen molar-refractivity contribution in [1.82, 2.24) is 9.88 Å². The molecule has 1 saturated carbocycles. The smallest absolute Gasteiger partial charge is 0.225 e. The summed E-state index contributed by atoms with van der Waals surface area (Å²) in [7, 11) is 3.71. The van der Waals surface area contributed by atoms with E-state index in [0.29, 0.717) is 6.54 Å². The van der Waals surface area contributed by atoms with Gasteiger partial charge < -0.3 is 15.3 Å². The van der Waals surface area contributed by atoms with E-state index in [9.17, 15) is 9.90 Å². The lowest BCUT2D eigenvalue weighted by atomic mass is 9.53. The van der Waals surface area contributed by atoms with E-state index in [0.717, 1.165) is 30.1 Å². The number of rotatable bonds is 5. The largest absolute Gasteiger partial charge is 0.392 e. The number of fused-ring (bicyclic) bond motifs is 2. The Morgan fingerprint density at radius 3 is 2.93 bits per heavy atom. The number of thiazole rings is 1. The number of anilines is 1. The van der Waals surface area contributed by atoms with Gasteiger partial charge in [-0.2, -0.15) is 0 Å². The summed E-state index contributed by atoms with van der Waals surface area (Å²) in [4.78, 5) is 20.6. The second-order valence-corrected chi connectivity index (χ2v) is 9.80. The fourth-order valence-corrected chi connectivity index (χ4v) is 6.69. The molecule has 1 amide bonds. The van der Waals surface area contributed by atoms with Crippen LogP contribution in [0.5, 0.6) is 0 Å². The van der Waals surface area contributed by atoms with Crippen LogP contribution in [0.2, 0.25) is 0 Å². The van der Waals surface area contributed by atoms with Gasteiger partial charge in [0.15, 0.2) is 5.13 Å². The van der Waals surface area contributed by atoms with Crippen molar-refractivity contribution >= 4 is 22.4 Å². The van der Waals surface area contributed by atoms with Gasteiger partial charge in [0.2, 0.25) is 5.91 Å². The highest BCUT2D eigenvalue weighted by atomic mass is 32.1. The molecule has 2 aliphatic carbocycles. The van der Waals surface area contributed by atoms with E-state index >= 15 is 0 Å². The predicted octanol–water partition coefficient (Wildman–Crippen LogP) is 3.52. The molecule has 1 heterocycles. The van der Waals surface area contributed by atoms with Gasteiger partial charge in [-0.15, -0.1) is 17.9 Å². The van der Waals surface area contributed by atoms with E-state index in [1.54, 1.807) is 22.3 Å². The fraction of sp³-hybridized carbons (Fsp3) is 0.714. The topological polar surface area (TPSA) is 65.5 Å². The molecule has 0 aromatic carbocycles. The summed E-state index contributed by atoms with van der Waals surface area (Å²) in [6.07, 6.45) is 4.16. The fourth-order valence-electron chi connectivity index (χ4n) is 5.47. The molecule has 1 aromatic rings. The number of amides is 1. The van der Waals surface area contributed by atoms with Gasteiger partial charge >= 0.3 is 0 Å². The number of aliphatic hydroxyl groups is 1. The molecule has 0 spiro atoms. The SMILES string of the molecule is C=CCN(C)C(=O)[C@@H](C)C1CC[C@@]2(C)Cc3sc(NC)nc3[C@@H](C)[C@@H]2[C@H]1O. The Morgan fingerprint density at radius 1 is 1.59 bits per heavy atom. The first-order valence-corrected chi connectivity index (χ1v) is 10.8. The van der Waals surface area contributed by atoms with Gasteiger partial charge in [-0.3, -0.25) is 4.79 Å². The molecule has 1 unspecified atom stereocenters. The minimum Gasteiger partial charge on any atom is -0.392 e. The quantitative estimate of drug-likeness (QED) is 0.754. The van der Waals surface area contributed by atoms with Crippen molar-refractivity contribution < 1.29 is 9.90 Å². The third kappa shape index (κ3) is 3.42. The Kier molecular flexibility index (Phi) is 5.69.